The Balaban J connectivity index is 2.42. The molecular formula is C11H21NO. The highest BCUT2D eigenvalue weighted by Gasteiger charge is 2.30. The molecule has 1 aliphatic rings. The van der Waals surface area contributed by atoms with Crippen LogP contribution < -0.4 is 5.32 Å². The maximum atomic E-state index is 11.3. The van der Waals surface area contributed by atoms with Crippen molar-refractivity contribution >= 4 is 5.91 Å². The third-order valence-electron chi connectivity index (χ3n) is 2.89. The predicted octanol–water partition coefficient (Wildman–Crippen LogP) is 2.34. The lowest BCUT2D eigenvalue weighted by molar-refractivity contribution is -0.123. The van der Waals surface area contributed by atoms with Gasteiger partial charge in [0.05, 0.1) is 0 Å². The monoisotopic (exact) mass is 183 g/mol. The van der Waals surface area contributed by atoms with Gasteiger partial charge in [0, 0.05) is 12.5 Å². The summed E-state index contributed by atoms with van der Waals surface area (Å²) < 4.78 is 0. The van der Waals surface area contributed by atoms with Gasteiger partial charge in [0.1, 0.15) is 0 Å². The minimum atomic E-state index is 0.268. The number of carbonyl (C=O) groups excluding carboxylic acids is 1. The van der Waals surface area contributed by atoms with E-state index in [-0.39, 0.29) is 11.8 Å². The fourth-order valence-corrected chi connectivity index (χ4v) is 2.29. The molecule has 0 saturated carbocycles. The summed E-state index contributed by atoms with van der Waals surface area (Å²) in [5.74, 6) is 0.547. The van der Waals surface area contributed by atoms with Crippen LogP contribution in [0.5, 0.6) is 0 Å². The van der Waals surface area contributed by atoms with Gasteiger partial charge in [0.15, 0.2) is 0 Å². The Hall–Kier alpha value is -0.530. The second-order valence-electron chi connectivity index (χ2n) is 4.89. The molecular weight excluding hydrogens is 162 g/mol. The average molecular weight is 183 g/mol. The van der Waals surface area contributed by atoms with Crippen molar-refractivity contribution in [1.29, 1.82) is 0 Å². The van der Waals surface area contributed by atoms with Crippen molar-refractivity contribution in [2.45, 2.75) is 46.5 Å². The third-order valence-corrected chi connectivity index (χ3v) is 2.89. The highest BCUT2D eigenvalue weighted by molar-refractivity contribution is 5.80. The van der Waals surface area contributed by atoms with Crippen LogP contribution in [0.1, 0.15) is 46.5 Å². The molecule has 1 atom stereocenters. The summed E-state index contributed by atoms with van der Waals surface area (Å²) in [6, 6.07) is 0. The molecule has 1 saturated heterocycles. The van der Waals surface area contributed by atoms with Crippen LogP contribution in [-0.4, -0.2) is 12.5 Å². The molecule has 0 bridgehead atoms. The summed E-state index contributed by atoms with van der Waals surface area (Å²) in [7, 11) is 0. The maximum Gasteiger partial charge on any atom is 0.223 e. The van der Waals surface area contributed by atoms with Gasteiger partial charge >= 0.3 is 0 Å². The van der Waals surface area contributed by atoms with Crippen molar-refractivity contribution in [2.75, 3.05) is 6.54 Å². The van der Waals surface area contributed by atoms with E-state index in [1.807, 2.05) is 0 Å². The van der Waals surface area contributed by atoms with Gasteiger partial charge < -0.3 is 5.32 Å². The number of hydrogen-bond donors (Lipinski definition) is 1. The van der Waals surface area contributed by atoms with E-state index in [1.165, 1.54) is 12.8 Å². The molecule has 1 N–H and O–H groups in total. The molecule has 0 aliphatic carbocycles. The molecule has 0 aromatic heterocycles. The van der Waals surface area contributed by atoms with E-state index in [2.05, 4.69) is 26.1 Å². The lowest BCUT2D eigenvalue weighted by atomic mass is 9.79. The smallest absolute Gasteiger partial charge is 0.223 e. The molecule has 0 aromatic rings. The summed E-state index contributed by atoms with van der Waals surface area (Å²) in [6.45, 7) is 7.62. The Morgan fingerprint density at radius 3 is 2.69 bits per heavy atom. The lowest BCUT2D eigenvalue weighted by Gasteiger charge is -2.26. The zero-order valence-electron chi connectivity index (χ0n) is 9.02. The fraction of sp³-hybridized carbons (Fsp3) is 0.909. The van der Waals surface area contributed by atoms with Gasteiger partial charge in [-0.2, -0.15) is 0 Å². The van der Waals surface area contributed by atoms with Crippen LogP contribution in [0.25, 0.3) is 0 Å². The predicted molar refractivity (Wildman–Crippen MR) is 54.4 cm³/mol. The summed E-state index contributed by atoms with van der Waals surface area (Å²) in [6.07, 6.45) is 4.51. The second kappa shape index (κ2) is 4.12. The Morgan fingerprint density at radius 1 is 1.54 bits per heavy atom. The van der Waals surface area contributed by atoms with Gasteiger partial charge in [-0.3, -0.25) is 4.79 Å². The SMILES string of the molecule is CCCC(C)(C)CC1CCNC1=O. The van der Waals surface area contributed by atoms with Gasteiger partial charge in [0.25, 0.3) is 0 Å². The van der Waals surface area contributed by atoms with E-state index >= 15 is 0 Å². The number of hydrogen-bond acceptors (Lipinski definition) is 1. The van der Waals surface area contributed by atoms with Crippen molar-refractivity contribution in [3.05, 3.63) is 0 Å². The lowest BCUT2D eigenvalue weighted by Crippen LogP contribution is -2.24. The van der Waals surface area contributed by atoms with Gasteiger partial charge in [-0.15, -0.1) is 0 Å². The molecule has 1 aliphatic heterocycles. The molecule has 2 nitrogen and oxygen atoms in total. The van der Waals surface area contributed by atoms with Crippen LogP contribution in [0.2, 0.25) is 0 Å². The summed E-state index contributed by atoms with van der Waals surface area (Å²) in [4.78, 5) is 11.3. The minimum absolute atomic E-state index is 0.268. The quantitative estimate of drug-likeness (QED) is 0.712. The summed E-state index contributed by atoms with van der Waals surface area (Å²) in [5, 5.41) is 2.90. The fourth-order valence-electron chi connectivity index (χ4n) is 2.29. The molecule has 76 valence electrons. The van der Waals surface area contributed by atoms with E-state index < -0.39 is 0 Å². The van der Waals surface area contributed by atoms with Crippen molar-refractivity contribution < 1.29 is 4.79 Å². The zero-order valence-corrected chi connectivity index (χ0v) is 9.02. The van der Waals surface area contributed by atoms with E-state index in [1.54, 1.807) is 0 Å². The second-order valence-corrected chi connectivity index (χ2v) is 4.89. The molecule has 1 unspecified atom stereocenters. The van der Waals surface area contributed by atoms with Crippen molar-refractivity contribution in [3.63, 3.8) is 0 Å². The molecule has 0 radical (unpaired) electrons. The first-order chi connectivity index (χ1) is 6.05. The van der Waals surface area contributed by atoms with Crippen LogP contribution >= 0.6 is 0 Å². The Kier molecular flexibility index (Phi) is 3.34. The normalized spacial score (nSPS) is 23.3. The van der Waals surface area contributed by atoms with Crippen molar-refractivity contribution in [1.82, 2.24) is 5.32 Å². The number of rotatable bonds is 4. The topological polar surface area (TPSA) is 29.1 Å². The van der Waals surface area contributed by atoms with Crippen LogP contribution in [0.15, 0.2) is 0 Å². The highest BCUT2D eigenvalue weighted by atomic mass is 16.2. The molecule has 1 heterocycles. The van der Waals surface area contributed by atoms with E-state index in [0.29, 0.717) is 5.41 Å². The number of nitrogens with one attached hydrogen (secondary N) is 1. The Bertz CT molecular complexity index is 187. The standard InChI is InChI=1S/C11H21NO/c1-4-6-11(2,3)8-9-5-7-12-10(9)13/h9H,4-8H2,1-3H3,(H,12,13). The zero-order chi connectivity index (χ0) is 9.90. The first kappa shape index (κ1) is 10.6. The van der Waals surface area contributed by atoms with E-state index in [4.69, 9.17) is 0 Å². The first-order valence-corrected chi connectivity index (χ1v) is 5.33. The average Bonchev–Trinajstić information content (AvgIpc) is 2.35. The van der Waals surface area contributed by atoms with Crippen LogP contribution in [0, 0.1) is 11.3 Å². The van der Waals surface area contributed by atoms with Gasteiger partial charge in [-0.05, 0) is 24.7 Å². The summed E-state index contributed by atoms with van der Waals surface area (Å²) >= 11 is 0. The molecule has 1 rings (SSSR count). The van der Waals surface area contributed by atoms with Gasteiger partial charge in [0.2, 0.25) is 5.91 Å². The molecule has 13 heavy (non-hydrogen) atoms. The Morgan fingerprint density at radius 2 is 2.23 bits per heavy atom. The summed E-state index contributed by atoms with van der Waals surface area (Å²) in [5.41, 5.74) is 0.334. The van der Waals surface area contributed by atoms with E-state index in [9.17, 15) is 4.79 Å². The van der Waals surface area contributed by atoms with Crippen LogP contribution in [-0.2, 0) is 4.79 Å². The largest absolute Gasteiger partial charge is 0.356 e. The van der Waals surface area contributed by atoms with Crippen molar-refractivity contribution in [2.24, 2.45) is 11.3 Å². The highest BCUT2D eigenvalue weighted by Crippen LogP contribution is 2.32. The molecule has 1 amide bonds. The molecule has 0 aromatic carbocycles. The number of carbonyl (C=O) groups is 1. The molecule has 0 spiro atoms. The third kappa shape index (κ3) is 3.02. The molecule has 2 heteroatoms. The number of amides is 1. The van der Waals surface area contributed by atoms with Gasteiger partial charge in [-0.1, -0.05) is 27.2 Å². The van der Waals surface area contributed by atoms with Gasteiger partial charge in [-0.25, -0.2) is 0 Å². The minimum Gasteiger partial charge on any atom is -0.356 e. The maximum absolute atomic E-state index is 11.3. The first-order valence-electron chi connectivity index (χ1n) is 5.33. The molecule has 1 fully saturated rings. The van der Waals surface area contributed by atoms with Crippen molar-refractivity contribution in [3.8, 4) is 0 Å². The van der Waals surface area contributed by atoms with E-state index in [0.717, 1.165) is 19.4 Å². The Labute approximate surface area is 81.1 Å². The van der Waals surface area contributed by atoms with Crippen LogP contribution in [0.3, 0.4) is 0 Å². The van der Waals surface area contributed by atoms with Crippen LogP contribution in [0.4, 0.5) is 0 Å².